The van der Waals surface area contributed by atoms with Crippen LogP contribution in [0.4, 0.5) is 0 Å². The summed E-state index contributed by atoms with van der Waals surface area (Å²) in [6.45, 7) is 1.99. The molecule has 1 aliphatic rings. The van der Waals surface area contributed by atoms with Crippen molar-refractivity contribution >= 4 is 0 Å². The van der Waals surface area contributed by atoms with E-state index < -0.39 is 0 Å². The Hall–Kier alpha value is -1.58. The Bertz CT molecular complexity index is 494. The molecule has 0 aliphatic heterocycles. The van der Waals surface area contributed by atoms with Gasteiger partial charge in [-0.05, 0) is 19.8 Å². The lowest BCUT2D eigenvalue weighted by atomic mass is 10.2. The Morgan fingerprint density at radius 2 is 2.27 bits per heavy atom. The van der Waals surface area contributed by atoms with Crippen LogP contribution in [0.1, 0.15) is 30.2 Å². The summed E-state index contributed by atoms with van der Waals surface area (Å²) in [4.78, 5) is 4.54. The second-order valence-electron chi connectivity index (χ2n) is 4.14. The highest BCUT2D eigenvalue weighted by Gasteiger charge is 2.29. The van der Waals surface area contributed by atoms with Crippen LogP contribution in [0.15, 0.2) is 16.8 Å². The van der Waals surface area contributed by atoms with Crippen LogP contribution in [0.25, 0.3) is 11.5 Å². The van der Waals surface area contributed by atoms with Crippen LogP contribution >= 0.6 is 0 Å². The van der Waals surface area contributed by atoms with Crippen molar-refractivity contribution in [3.05, 3.63) is 23.8 Å². The van der Waals surface area contributed by atoms with Crippen molar-refractivity contribution in [1.82, 2.24) is 14.8 Å². The van der Waals surface area contributed by atoms with Crippen LogP contribution in [0, 0.1) is 6.92 Å². The number of aryl methyl sites for hydroxylation is 2. The van der Waals surface area contributed by atoms with E-state index >= 15 is 0 Å². The summed E-state index contributed by atoms with van der Waals surface area (Å²) in [5.41, 5.74) is 2.08. The molecule has 1 fully saturated rings. The Kier molecular flexibility index (Phi) is 1.71. The average molecular weight is 203 g/mol. The molecule has 1 saturated carbocycles. The Morgan fingerprint density at radius 1 is 1.47 bits per heavy atom. The molecule has 0 atom stereocenters. The quantitative estimate of drug-likeness (QED) is 0.752. The molecule has 1 aliphatic carbocycles. The molecule has 0 bridgehead atoms. The molecule has 4 nitrogen and oxygen atoms in total. The molecule has 4 heteroatoms. The number of nitrogens with zero attached hydrogens (tertiary/aromatic N) is 3. The molecular weight excluding hydrogens is 190 g/mol. The summed E-state index contributed by atoms with van der Waals surface area (Å²) in [5, 5.41) is 4.11. The monoisotopic (exact) mass is 203 g/mol. The SMILES string of the molecule is Cc1oc(-c2cnn(C)c2)nc1C1CC1. The number of rotatable bonds is 2. The Labute approximate surface area is 87.9 Å². The Balaban J connectivity index is 2.01. The van der Waals surface area contributed by atoms with E-state index in [-0.39, 0.29) is 0 Å². The lowest BCUT2D eigenvalue weighted by Gasteiger charge is -1.86. The van der Waals surface area contributed by atoms with Gasteiger partial charge in [-0.2, -0.15) is 5.10 Å². The van der Waals surface area contributed by atoms with Gasteiger partial charge in [-0.3, -0.25) is 4.68 Å². The van der Waals surface area contributed by atoms with Crippen LogP contribution in [-0.2, 0) is 7.05 Å². The third-order valence-corrected chi connectivity index (χ3v) is 2.75. The fraction of sp³-hybridized carbons (Fsp3) is 0.455. The van der Waals surface area contributed by atoms with E-state index in [9.17, 15) is 0 Å². The predicted octanol–water partition coefficient (Wildman–Crippen LogP) is 2.26. The topological polar surface area (TPSA) is 43.9 Å². The van der Waals surface area contributed by atoms with E-state index in [0.29, 0.717) is 11.8 Å². The van der Waals surface area contributed by atoms with E-state index in [2.05, 4.69) is 10.1 Å². The maximum Gasteiger partial charge on any atom is 0.229 e. The maximum absolute atomic E-state index is 5.65. The first-order valence-electron chi connectivity index (χ1n) is 5.20. The molecule has 3 rings (SSSR count). The van der Waals surface area contributed by atoms with Crippen LogP contribution in [0.3, 0.4) is 0 Å². The van der Waals surface area contributed by atoms with Gasteiger partial charge in [0.25, 0.3) is 0 Å². The van der Waals surface area contributed by atoms with Crippen molar-refractivity contribution in [2.24, 2.45) is 7.05 Å². The van der Waals surface area contributed by atoms with Gasteiger partial charge in [-0.25, -0.2) is 4.98 Å². The smallest absolute Gasteiger partial charge is 0.229 e. The molecular formula is C11H13N3O. The van der Waals surface area contributed by atoms with Gasteiger partial charge in [-0.15, -0.1) is 0 Å². The molecule has 2 aromatic rings. The summed E-state index contributed by atoms with van der Waals surface area (Å²) in [5.74, 6) is 2.29. The van der Waals surface area contributed by atoms with Crippen molar-refractivity contribution in [3.63, 3.8) is 0 Å². The fourth-order valence-electron chi connectivity index (χ4n) is 1.80. The van der Waals surface area contributed by atoms with Crippen LogP contribution in [-0.4, -0.2) is 14.8 Å². The summed E-state index contributed by atoms with van der Waals surface area (Å²) in [6, 6.07) is 0. The van der Waals surface area contributed by atoms with E-state index in [1.807, 2.05) is 20.2 Å². The number of aromatic nitrogens is 3. The number of hydrogen-bond acceptors (Lipinski definition) is 3. The largest absolute Gasteiger partial charge is 0.441 e. The minimum atomic E-state index is 0.638. The summed E-state index contributed by atoms with van der Waals surface area (Å²) in [7, 11) is 1.89. The summed E-state index contributed by atoms with van der Waals surface area (Å²) >= 11 is 0. The third-order valence-electron chi connectivity index (χ3n) is 2.75. The maximum atomic E-state index is 5.65. The van der Waals surface area contributed by atoms with E-state index in [1.165, 1.54) is 12.8 Å². The number of hydrogen-bond donors (Lipinski definition) is 0. The van der Waals surface area contributed by atoms with Gasteiger partial charge in [0.1, 0.15) is 5.76 Å². The van der Waals surface area contributed by atoms with Gasteiger partial charge in [0, 0.05) is 19.2 Å². The zero-order chi connectivity index (χ0) is 10.4. The van der Waals surface area contributed by atoms with Gasteiger partial charge < -0.3 is 4.42 Å². The molecule has 78 valence electrons. The molecule has 0 saturated heterocycles. The minimum Gasteiger partial charge on any atom is -0.441 e. The highest BCUT2D eigenvalue weighted by atomic mass is 16.4. The standard InChI is InChI=1S/C11H13N3O/c1-7-10(8-3-4-8)13-11(15-7)9-5-12-14(2)6-9/h5-6,8H,3-4H2,1-2H3. The van der Waals surface area contributed by atoms with E-state index in [4.69, 9.17) is 4.42 Å². The van der Waals surface area contributed by atoms with Crippen molar-refractivity contribution in [1.29, 1.82) is 0 Å². The molecule has 2 aromatic heterocycles. The summed E-state index contributed by atoms with van der Waals surface area (Å²) < 4.78 is 7.41. The third kappa shape index (κ3) is 1.46. The first-order chi connectivity index (χ1) is 7.24. The lowest BCUT2D eigenvalue weighted by molar-refractivity contribution is 0.539. The second kappa shape index (κ2) is 2.95. The van der Waals surface area contributed by atoms with Crippen molar-refractivity contribution in [2.75, 3.05) is 0 Å². The first kappa shape index (κ1) is 8.71. The molecule has 0 amide bonds. The van der Waals surface area contributed by atoms with Gasteiger partial charge >= 0.3 is 0 Å². The predicted molar refractivity (Wildman–Crippen MR) is 55.4 cm³/mol. The summed E-state index contributed by atoms with van der Waals surface area (Å²) in [6.07, 6.45) is 6.20. The second-order valence-corrected chi connectivity index (χ2v) is 4.14. The molecule has 0 radical (unpaired) electrons. The average Bonchev–Trinajstić information content (AvgIpc) is 2.84. The lowest BCUT2D eigenvalue weighted by Crippen LogP contribution is -1.84. The van der Waals surface area contributed by atoms with Gasteiger partial charge in [0.05, 0.1) is 17.5 Å². The van der Waals surface area contributed by atoms with E-state index in [0.717, 1.165) is 17.0 Å². The molecule has 2 heterocycles. The molecule has 0 unspecified atom stereocenters. The van der Waals surface area contributed by atoms with Gasteiger partial charge in [-0.1, -0.05) is 0 Å². The van der Waals surface area contributed by atoms with Crippen LogP contribution in [0.5, 0.6) is 0 Å². The zero-order valence-corrected chi connectivity index (χ0v) is 8.90. The van der Waals surface area contributed by atoms with Crippen molar-refractivity contribution < 1.29 is 4.42 Å². The van der Waals surface area contributed by atoms with Crippen LogP contribution in [0.2, 0.25) is 0 Å². The van der Waals surface area contributed by atoms with Gasteiger partial charge in [0.2, 0.25) is 5.89 Å². The van der Waals surface area contributed by atoms with E-state index in [1.54, 1.807) is 10.9 Å². The van der Waals surface area contributed by atoms with Gasteiger partial charge in [0.15, 0.2) is 0 Å². The Morgan fingerprint density at radius 3 is 2.87 bits per heavy atom. The number of oxazole rings is 1. The minimum absolute atomic E-state index is 0.638. The highest BCUT2D eigenvalue weighted by Crippen LogP contribution is 2.42. The first-order valence-corrected chi connectivity index (χ1v) is 5.20. The zero-order valence-electron chi connectivity index (χ0n) is 8.90. The highest BCUT2D eigenvalue weighted by molar-refractivity contribution is 5.51. The van der Waals surface area contributed by atoms with Crippen molar-refractivity contribution in [3.8, 4) is 11.5 Å². The normalized spacial score (nSPS) is 15.9. The van der Waals surface area contributed by atoms with Crippen LogP contribution < -0.4 is 0 Å². The molecule has 0 aromatic carbocycles. The fourth-order valence-corrected chi connectivity index (χ4v) is 1.80. The molecule has 0 spiro atoms. The van der Waals surface area contributed by atoms with Crippen molar-refractivity contribution in [2.45, 2.75) is 25.7 Å². The molecule has 0 N–H and O–H groups in total. The molecule has 15 heavy (non-hydrogen) atoms.